The fraction of sp³-hybridized carbons (Fsp3) is 0.538. The van der Waals surface area contributed by atoms with Crippen molar-refractivity contribution in [2.75, 3.05) is 0 Å². The monoisotopic (exact) mass is 1460 g/mol. The molecule has 0 N–H and O–H groups in total. The minimum Gasteiger partial charge on any atom is -0.207 e. The molecule has 8 aliphatic carbocycles. The Hall–Kier alpha value is -6.45. The Labute approximate surface area is 659 Å². The van der Waals surface area contributed by atoms with Crippen molar-refractivity contribution >= 4 is 0 Å². The second-order valence-corrected chi connectivity index (χ2v) is 36.9. The predicted octanol–water partition coefficient (Wildman–Crippen LogP) is 34.0. The number of hydrogen-bond acceptors (Lipinski definition) is 0. The average molecular weight is 1460 g/mol. The first kappa shape index (κ1) is 78.7. The Bertz CT molecular complexity index is 3940. The van der Waals surface area contributed by atoms with Gasteiger partial charge in [0.1, 0.15) is 17.5 Å². The van der Waals surface area contributed by atoms with Gasteiger partial charge in [-0.2, -0.15) is 0 Å². The van der Waals surface area contributed by atoms with Crippen molar-refractivity contribution in [2.45, 2.75) is 302 Å². The van der Waals surface area contributed by atoms with E-state index in [1.165, 1.54) is 244 Å². The molecule has 0 radical (unpaired) electrons. The van der Waals surface area contributed by atoms with Gasteiger partial charge >= 0.3 is 0 Å². The van der Waals surface area contributed by atoms with Crippen LogP contribution in [0.4, 0.5) is 13.2 Å². The van der Waals surface area contributed by atoms with E-state index in [9.17, 15) is 13.2 Å². The summed E-state index contributed by atoms with van der Waals surface area (Å²) in [6.45, 7) is 18.7. The maximum Gasteiger partial charge on any atom is 0.131 e. The smallest absolute Gasteiger partial charge is 0.131 e. The molecule has 8 aromatic rings. The molecular formula is C104H149F3. The molecular weight excluding hydrogens is 1310 g/mol. The third-order valence-electron chi connectivity index (χ3n) is 28.8. The molecule has 0 amide bonds. The molecule has 8 fully saturated rings. The van der Waals surface area contributed by atoms with Gasteiger partial charge in [-0.05, 0) is 308 Å². The first-order valence-electron chi connectivity index (χ1n) is 43.8. The average Bonchev–Trinajstić information content (AvgIpc) is 0.819. The highest BCUT2D eigenvalue weighted by Gasteiger charge is 2.33. The van der Waals surface area contributed by atoms with Gasteiger partial charge < -0.3 is 0 Å². The van der Waals surface area contributed by atoms with Gasteiger partial charge in [0.15, 0.2) is 0 Å². The van der Waals surface area contributed by atoms with Gasteiger partial charge in [-0.3, -0.25) is 0 Å². The Morgan fingerprint density at radius 3 is 0.748 bits per heavy atom. The van der Waals surface area contributed by atoms with Crippen LogP contribution in [-0.4, -0.2) is 0 Å². The molecule has 0 spiro atoms. The third-order valence-corrected chi connectivity index (χ3v) is 28.8. The molecule has 0 aromatic heterocycles. The van der Waals surface area contributed by atoms with Gasteiger partial charge in [0.25, 0.3) is 0 Å². The fourth-order valence-corrected chi connectivity index (χ4v) is 20.8. The van der Waals surface area contributed by atoms with Crippen LogP contribution in [0.1, 0.15) is 351 Å². The van der Waals surface area contributed by atoms with Gasteiger partial charge in [-0.15, -0.1) is 0 Å². The second-order valence-electron chi connectivity index (χ2n) is 36.9. The van der Waals surface area contributed by atoms with Crippen molar-refractivity contribution < 1.29 is 24.6 Å². The zero-order valence-corrected chi connectivity index (χ0v) is 67.2. The summed E-state index contributed by atoms with van der Waals surface area (Å²) in [6, 6.07) is 62.2. The maximum absolute atomic E-state index is 15.0. The summed E-state index contributed by atoms with van der Waals surface area (Å²) in [5.74, 6) is 12.5. The van der Waals surface area contributed by atoms with E-state index in [2.05, 4.69) is 164 Å². The Kier molecular flexibility index (Phi) is 27.9. The molecule has 0 aliphatic heterocycles. The third kappa shape index (κ3) is 21.4. The van der Waals surface area contributed by atoms with Gasteiger partial charge in [0.2, 0.25) is 0 Å². The van der Waals surface area contributed by atoms with Crippen LogP contribution in [0.3, 0.4) is 0 Å². The van der Waals surface area contributed by atoms with E-state index in [0.29, 0.717) is 35.2 Å². The van der Waals surface area contributed by atoms with Crippen LogP contribution < -0.4 is 0 Å². The first-order valence-corrected chi connectivity index (χ1v) is 43.8. The van der Waals surface area contributed by atoms with Crippen LogP contribution in [0.5, 0.6) is 0 Å². The molecule has 0 heterocycles. The molecule has 107 heavy (non-hydrogen) atoms. The van der Waals surface area contributed by atoms with E-state index in [1.54, 1.807) is 23.3 Å². The van der Waals surface area contributed by atoms with Crippen molar-refractivity contribution in [2.24, 2.45) is 53.3 Å². The number of benzene rings is 8. The summed E-state index contributed by atoms with van der Waals surface area (Å²) < 4.78 is 44.6. The highest BCUT2D eigenvalue weighted by atomic mass is 19.1. The van der Waals surface area contributed by atoms with E-state index in [4.69, 9.17) is 0 Å². The normalized spacial score (nSPS) is 29.0. The van der Waals surface area contributed by atoms with E-state index >= 15 is 0 Å². The lowest BCUT2D eigenvalue weighted by Gasteiger charge is -2.37. The summed E-state index contributed by atoms with van der Waals surface area (Å²) in [5.41, 5.74) is 18.7. The van der Waals surface area contributed by atoms with Crippen LogP contribution in [-0.2, 0) is 0 Å². The van der Waals surface area contributed by atoms with Crippen LogP contribution >= 0.6 is 0 Å². The topological polar surface area (TPSA) is 0 Å². The van der Waals surface area contributed by atoms with Crippen molar-refractivity contribution in [1.29, 1.82) is 0 Å². The van der Waals surface area contributed by atoms with E-state index in [1.807, 2.05) is 55.5 Å². The lowest BCUT2D eigenvalue weighted by molar-refractivity contribution is 0.164. The van der Waals surface area contributed by atoms with E-state index in [0.717, 1.165) is 98.5 Å². The van der Waals surface area contributed by atoms with E-state index in [-0.39, 0.29) is 28.9 Å². The predicted molar refractivity (Wildman–Crippen MR) is 467 cm³/mol. The Morgan fingerprint density at radius 1 is 0.206 bits per heavy atom. The summed E-state index contributed by atoms with van der Waals surface area (Å²) in [5, 5.41) is 0. The zero-order chi connectivity index (χ0) is 74.3. The van der Waals surface area contributed by atoms with Crippen molar-refractivity contribution in [3.63, 3.8) is 0 Å². The molecule has 0 nitrogen and oxygen atoms in total. The summed E-state index contributed by atoms with van der Waals surface area (Å²) in [6.07, 6.45) is 42.4. The molecule has 0 bridgehead atoms. The molecule has 8 aromatic carbocycles. The number of aryl methyl sites for hydroxylation is 1. The van der Waals surface area contributed by atoms with Crippen molar-refractivity contribution in [3.8, 4) is 44.5 Å². The van der Waals surface area contributed by atoms with Crippen molar-refractivity contribution in [3.05, 3.63) is 238 Å². The van der Waals surface area contributed by atoms with Gasteiger partial charge in [-0.25, -0.2) is 13.2 Å². The maximum atomic E-state index is 15.0. The summed E-state index contributed by atoms with van der Waals surface area (Å²) >= 11 is 0. The SMILES string of the molecule is CC1CCC(c2ccc(-c3ccc(C4CCC(C)CC4)cc3)cc2)CC1.CC1CCC(c2ccc(-c3ccc(C4CCC(C)CC4)cc3F)cc2)CC1.CC1CCC(c2ccc(C3CCC(C4CCC(C)CC4)CC3)c(F)c2)CC1.Cc1ccc(-c2ccc(-c3ccc(C4CCC(C)CC4)cc3)cc2F)cc1.[HH].[HH].[HH].[HH].[HH].[HH].[HH].[HH]. The van der Waals surface area contributed by atoms with Crippen molar-refractivity contribution in [1.82, 2.24) is 0 Å². The van der Waals surface area contributed by atoms with Gasteiger partial charge in [0.05, 0.1) is 0 Å². The molecule has 0 saturated heterocycles. The molecule has 16 rings (SSSR count). The molecule has 8 saturated carbocycles. The van der Waals surface area contributed by atoms with Gasteiger partial charge in [-0.1, -0.05) is 302 Å². The molecule has 0 unspecified atom stereocenters. The second kappa shape index (κ2) is 38.0. The standard InChI is InChI=1S/C26H27F.C26H39F.C26H33F.C26H34.8H2/c1-18-3-7-20(8-4-18)21-11-13-22(14-12-21)24-15-16-25(26(27)17-24)23-9-5-19(2)6-10-23;2*1-18-3-7-20(8-4-18)21-11-13-23(14-12-21)25-16-15-24(17-26(25)27)22-9-5-19(2)6-10-22;1-19-3-7-21(8-4-19)23-11-15-25(16-12-23)26-17-13-24(14-18-26)22-9-5-20(2)6-10-22;;;;;;;;/h5-6,9-18,20H,3-4,7-8H2,1-2H3;15-23H,3-14H2,1-2H3;11-20,22H,3-10H2,1-2H3;11-22H,3-10H2,1-2H3;8*1H. The van der Waals surface area contributed by atoms with Crippen LogP contribution in [0.25, 0.3) is 44.5 Å². The molecule has 586 valence electrons. The van der Waals surface area contributed by atoms with Crippen LogP contribution in [0.15, 0.2) is 176 Å². The van der Waals surface area contributed by atoms with Crippen LogP contribution in [0.2, 0.25) is 0 Å². The van der Waals surface area contributed by atoms with Crippen LogP contribution in [0, 0.1) is 77.6 Å². The molecule has 3 heteroatoms. The first-order chi connectivity index (χ1) is 52.0. The lowest BCUT2D eigenvalue weighted by Crippen LogP contribution is -2.25. The number of hydrogen-bond donors (Lipinski definition) is 0. The highest BCUT2D eigenvalue weighted by Crippen LogP contribution is 2.47. The highest BCUT2D eigenvalue weighted by molar-refractivity contribution is 5.72. The molecule has 8 aliphatic rings. The Balaban J connectivity index is 0.000000267. The summed E-state index contributed by atoms with van der Waals surface area (Å²) in [7, 11) is 0. The lowest BCUT2D eigenvalue weighted by atomic mass is 9.68. The number of halogens is 3. The Morgan fingerprint density at radius 2 is 0.430 bits per heavy atom. The minimum atomic E-state index is -0.165. The molecule has 0 atom stereocenters. The minimum absolute atomic E-state index is 0. The van der Waals surface area contributed by atoms with Gasteiger partial charge in [0, 0.05) is 22.5 Å². The fourth-order valence-electron chi connectivity index (χ4n) is 20.8. The van der Waals surface area contributed by atoms with E-state index < -0.39 is 0 Å². The quantitative estimate of drug-likeness (QED) is 0.114. The zero-order valence-electron chi connectivity index (χ0n) is 67.2. The number of rotatable bonds is 12. The summed E-state index contributed by atoms with van der Waals surface area (Å²) in [4.78, 5) is 0. The largest absolute Gasteiger partial charge is 0.207 e.